The lowest BCUT2D eigenvalue weighted by molar-refractivity contribution is -0.121. The van der Waals surface area contributed by atoms with Crippen LogP contribution >= 0.6 is 0 Å². The maximum atomic E-state index is 14.2. The van der Waals surface area contributed by atoms with E-state index in [-0.39, 0.29) is 30.6 Å². The van der Waals surface area contributed by atoms with Crippen molar-refractivity contribution in [2.75, 3.05) is 6.54 Å². The van der Waals surface area contributed by atoms with Crippen LogP contribution in [0.25, 0.3) is 16.5 Å². The molecule has 7 heteroatoms. The molecule has 3 aromatic carbocycles. The zero-order chi connectivity index (χ0) is 22.8. The van der Waals surface area contributed by atoms with Gasteiger partial charge in [-0.2, -0.15) is 5.10 Å². The number of carbonyl (C=O) groups excluding carboxylic acids is 1. The molecule has 1 amide bonds. The maximum Gasteiger partial charge on any atom is 0.225 e. The number of fused-ring (bicyclic) bond motifs is 1. The molecule has 32 heavy (non-hydrogen) atoms. The summed E-state index contributed by atoms with van der Waals surface area (Å²) < 4.78 is 28.9. The van der Waals surface area contributed by atoms with E-state index in [1.807, 2.05) is 42.5 Å². The Morgan fingerprint density at radius 3 is 2.53 bits per heavy atom. The first kappa shape index (κ1) is 21.6. The summed E-state index contributed by atoms with van der Waals surface area (Å²) in [6.45, 7) is 3.77. The SMILES string of the molecule is Cc1nn(-c2ccc(F)cc2F)c(C)c1CC(=O)NC(CN)c1ccc2ccccc2c1. The van der Waals surface area contributed by atoms with Crippen LogP contribution in [0.1, 0.15) is 28.6 Å². The lowest BCUT2D eigenvalue weighted by atomic mass is 10.0. The zero-order valence-electron chi connectivity index (χ0n) is 17.9. The van der Waals surface area contributed by atoms with Gasteiger partial charge in [0.05, 0.1) is 18.2 Å². The molecule has 4 aromatic rings. The van der Waals surface area contributed by atoms with Crippen molar-refractivity contribution in [2.45, 2.75) is 26.3 Å². The first-order valence-corrected chi connectivity index (χ1v) is 10.4. The number of hydrogen-bond donors (Lipinski definition) is 2. The normalized spacial score (nSPS) is 12.2. The summed E-state index contributed by atoms with van der Waals surface area (Å²) in [4.78, 5) is 12.9. The summed E-state index contributed by atoms with van der Waals surface area (Å²) in [5, 5.41) is 9.55. The third-order valence-electron chi connectivity index (χ3n) is 5.66. The molecule has 3 N–H and O–H groups in total. The number of benzene rings is 3. The van der Waals surface area contributed by atoms with Gasteiger partial charge in [-0.05, 0) is 48.4 Å². The van der Waals surface area contributed by atoms with E-state index in [2.05, 4.69) is 10.4 Å². The van der Waals surface area contributed by atoms with Crippen molar-refractivity contribution in [2.24, 2.45) is 5.73 Å². The Morgan fingerprint density at radius 2 is 1.81 bits per heavy atom. The van der Waals surface area contributed by atoms with E-state index in [1.165, 1.54) is 16.8 Å². The number of hydrogen-bond acceptors (Lipinski definition) is 3. The molecule has 164 valence electrons. The van der Waals surface area contributed by atoms with Crippen LogP contribution in [0.4, 0.5) is 8.78 Å². The van der Waals surface area contributed by atoms with Gasteiger partial charge in [-0.25, -0.2) is 13.5 Å². The number of amides is 1. The topological polar surface area (TPSA) is 72.9 Å². The number of rotatable bonds is 6. The van der Waals surface area contributed by atoms with E-state index in [1.54, 1.807) is 13.8 Å². The standard InChI is InChI=1S/C25H24F2N4O/c1-15-21(16(2)31(30-15)24-10-9-20(26)12-22(24)27)13-25(32)29-23(14-28)19-8-7-17-5-3-4-6-18(17)11-19/h3-12,23H,13-14,28H2,1-2H3,(H,29,32). The maximum absolute atomic E-state index is 14.2. The minimum absolute atomic E-state index is 0.0740. The number of aryl methyl sites for hydroxylation is 1. The summed E-state index contributed by atoms with van der Waals surface area (Å²) in [6.07, 6.45) is 0.0740. The monoisotopic (exact) mass is 434 g/mol. The van der Waals surface area contributed by atoms with Gasteiger partial charge < -0.3 is 11.1 Å². The van der Waals surface area contributed by atoms with Crippen LogP contribution in [-0.2, 0) is 11.2 Å². The fourth-order valence-electron chi connectivity index (χ4n) is 3.93. The molecule has 0 fully saturated rings. The first-order valence-electron chi connectivity index (χ1n) is 10.4. The molecule has 1 unspecified atom stereocenters. The quantitative estimate of drug-likeness (QED) is 0.476. The highest BCUT2D eigenvalue weighted by Crippen LogP contribution is 2.23. The number of carbonyl (C=O) groups is 1. The van der Waals surface area contributed by atoms with E-state index in [0.29, 0.717) is 17.0 Å². The highest BCUT2D eigenvalue weighted by Gasteiger charge is 2.20. The predicted octanol–water partition coefficient (Wildman–Crippen LogP) is 4.28. The fourth-order valence-corrected chi connectivity index (χ4v) is 3.93. The predicted molar refractivity (Wildman–Crippen MR) is 121 cm³/mol. The zero-order valence-corrected chi connectivity index (χ0v) is 17.9. The minimum atomic E-state index is -0.717. The summed E-state index contributed by atoms with van der Waals surface area (Å²) in [5.41, 5.74) is 8.94. The molecule has 0 radical (unpaired) electrons. The van der Waals surface area contributed by atoms with Gasteiger partial charge in [-0.1, -0.05) is 36.4 Å². The molecule has 1 atom stereocenters. The van der Waals surface area contributed by atoms with Crippen LogP contribution < -0.4 is 11.1 Å². The van der Waals surface area contributed by atoms with Crippen molar-refractivity contribution in [1.29, 1.82) is 0 Å². The third kappa shape index (κ3) is 4.24. The Balaban J connectivity index is 1.54. The van der Waals surface area contributed by atoms with E-state index >= 15 is 0 Å². The average molecular weight is 434 g/mol. The van der Waals surface area contributed by atoms with E-state index in [4.69, 9.17) is 5.73 Å². The first-order chi connectivity index (χ1) is 15.4. The lowest BCUT2D eigenvalue weighted by Crippen LogP contribution is -2.34. The van der Waals surface area contributed by atoms with Crippen molar-refractivity contribution < 1.29 is 13.6 Å². The minimum Gasteiger partial charge on any atom is -0.348 e. The van der Waals surface area contributed by atoms with Crippen LogP contribution in [0.2, 0.25) is 0 Å². The highest BCUT2D eigenvalue weighted by molar-refractivity contribution is 5.84. The Bertz CT molecular complexity index is 1300. The second-order valence-electron chi connectivity index (χ2n) is 7.80. The summed E-state index contributed by atoms with van der Waals surface area (Å²) in [7, 11) is 0. The Hall–Kier alpha value is -3.58. The van der Waals surface area contributed by atoms with E-state index < -0.39 is 11.6 Å². The number of nitrogens with zero attached hydrogens (tertiary/aromatic N) is 2. The number of halogens is 2. The van der Waals surface area contributed by atoms with Gasteiger partial charge in [0.1, 0.15) is 11.5 Å². The Labute approximate surface area is 184 Å². The van der Waals surface area contributed by atoms with Crippen molar-refractivity contribution in [3.05, 3.63) is 94.8 Å². The molecule has 0 aliphatic rings. The molecule has 0 saturated carbocycles. The Morgan fingerprint density at radius 1 is 1.06 bits per heavy atom. The third-order valence-corrected chi connectivity index (χ3v) is 5.66. The summed E-state index contributed by atoms with van der Waals surface area (Å²) in [6, 6.07) is 17.0. The van der Waals surface area contributed by atoms with Gasteiger partial charge in [0.15, 0.2) is 5.82 Å². The van der Waals surface area contributed by atoms with Crippen LogP contribution in [0.3, 0.4) is 0 Å². The molecule has 0 aliphatic carbocycles. The van der Waals surface area contributed by atoms with Crippen molar-refractivity contribution in [1.82, 2.24) is 15.1 Å². The van der Waals surface area contributed by atoms with E-state index in [0.717, 1.165) is 22.4 Å². The average Bonchev–Trinajstić information content (AvgIpc) is 3.05. The van der Waals surface area contributed by atoms with Crippen molar-refractivity contribution in [3.63, 3.8) is 0 Å². The van der Waals surface area contributed by atoms with Gasteiger partial charge >= 0.3 is 0 Å². The van der Waals surface area contributed by atoms with Crippen molar-refractivity contribution in [3.8, 4) is 5.69 Å². The van der Waals surface area contributed by atoms with Crippen LogP contribution in [0.5, 0.6) is 0 Å². The van der Waals surface area contributed by atoms with Gasteiger partial charge in [-0.15, -0.1) is 0 Å². The van der Waals surface area contributed by atoms with E-state index in [9.17, 15) is 13.6 Å². The van der Waals surface area contributed by atoms with Crippen LogP contribution in [0, 0.1) is 25.5 Å². The molecule has 1 heterocycles. The molecular formula is C25H24F2N4O. The van der Waals surface area contributed by atoms with Gasteiger partial charge in [0.2, 0.25) is 5.91 Å². The summed E-state index contributed by atoms with van der Waals surface area (Å²) >= 11 is 0. The molecule has 5 nitrogen and oxygen atoms in total. The summed E-state index contributed by atoms with van der Waals surface area (Å²) in [5.74, 6) is -1.58. The molecular weight excluding hydrogens is 410 g/mol. The van der Waals surface area contributed by atoms with Gasteiger partial charge in [0.25, 0.3) is 0 Å². The molecule has 4 rings (SSSR count). The highest BCUT2D eigenvalue weighted by atomic mass is 19.1. The second kappa shape index (κ2) is 8.88. The Kier molecular flexibility index (Phi) is 6.01. The van der Waals surface area contributed by atoms with Gasteiger partial charge in [0, 0.05) is 23.9 Å². The lowest BCUT2D eigenvalue weighted by Gasteiger charge is -2.18. The molecule has 1 aromatic heterocycles. The molecule has 0 aliphatic heterocycles. The van der Waals surface area contributed by atoms with Gasteiger partial charge in [-0.3, -0.25) is 4.79 Å². The second-order valence-corrected chi connectivity index (χ2v) is 7.80. The molecule has 0 spiro atoms. The largest absolute Gasteiger partial charge is 0.348 e. The number of nitrogens with one attached hydrogen (secondary N) is 1. The molecule has 0 saturated heterocycles. The smallest absolute Gasteiger partial charge is 0.225 e. The number of nitrogens with two attached hydrogens (primary N) is 1. The van der Waals surface area contributed by atoms with Crippen LogP contribution in [0.15, 0.2) is 60.7 Å². The fraction of sp³-hybridized carbons (Fsp3) is 0.200. The van der Waals surface area contributed by atoms with Crippen molar-refractivity contribution >= 4 is 16.7 Å². The van der Waals surface area contributed by atoms with Crippen LogP contribution in [-0.4, -0.2) is 22.2 Å². The number of aromatic nitrogens is 2. The molecule has 0 bridgehead atoms.